The molecule has 0 amide bonds. The molecule has 1 aromatic heterocycles. The molecule has 1 heterocycles. The lowest BCUT2D eigenvalue weighted by molar-refractivity contribution is 1.18. The minimum atomic E-state index is 0.712. The van der Waals surface area contributed by atoms with Gasteiger partial charge in [-0.3, -0.25) is 0 Å². The summed E-state index contributed by atoms with van der Waals surface area (Å²) >= 11 is 0. The van der Waals surface area contributed by atoms with Crippen LogP contribution in [0.4, 0.5) is 0 Å². The highest BCUT2D eigenvalue weighted by Gasteiger charge is 2.12. The first-order valence-corrected chi connectivity index (χ1v) is 16.2. The molecule has 7 aromatic carbocycles. The molecular formula is C46H32N2. The Morgan fingerprint density at radius 1 is 0.208 bits per heavy atom. The second-order valence-corrected chi connectivity index (χ2v) is 11.9. The molecule has 0 radical (unpaired) electrons. The maximum atomic E-state index is 5.03. The molecule has 0 aliphatic heterocycles. The lowest BCUT2D eigenvalue weighted by Gasteiger charge is -2.11. The predicted octanol–water partition coefficient (Wildman–Crippen LogP) is 12.1. The van der Waals surface area contributed by atoms with Gasteiger partial charge < -0.3 is 0 Å². The molecule has 0 aliphatic carbocycles. The highest BCUT2D eigenvalue weighted by atomic mass is 14.9. The fraction of sp³-hybridized carbons (Fsp3) is 0. The summed E-state index contributed by atoms with van der Waals surface area (Å²) in [4.78, 5) is 10.1. The Morgan fingerprint density at radius 3 is 0.729 bits per heavy atom. The van der Waals surface area contributed by atoms with Gasteiger partial charge in [-0.2, -0.15) is 0 Å². The SMILES string of the molecule is c1ccc(-c2ccc(-c3ccc(-c4cc(-c5ccc(-c6ccc(-c7ccccc7)cc6)cc5)nc(-c5ccccc5)n4)cc3)cc2)cc1. The van der Waals surface area contributed by atoms with Gasteiger partial charge in [-0.15, -0.1) is 0 Å². The Labute approximate surface area is 281 Å². The molecule has 0 fully saturated rings. The summed E-state index contributed by atoms with van der Waals surface area (Å²) in [6.45, 7) is 0. The zero-order valence-corrected chi connectivity index (χ0v) is 26.4. The van der Waals surface area contributed by atoms with Crippen molar-refractivity contribution in [3.8, 4) is 78.4 Å². The summed E-state index contributed by atoms with van der Waals surface area (Å²) in [5.41, 5.74) is 14.5. The number of hydrogen-bond acceptors (Lipinski definition) is 2. The topological polar surface area (TPSA) is 25.8 Å². The van der Waals surface area contributed by atoms with Crippen molar-refractivity contribution in [2.24, 2.45) is 0 Å². The molecule has 8 rings (SSSR count). The van der Waals surface area contributed by atoms with Crippen LogP contribution in [0.25, 0.3) is 78.4 Å². The number of aromatic nitrogens is 2. The molecule has 0 bridgehead atoms. The normalized spacial score (nSPS) is 10.9. The summed E-state index contributed by atoms with van der Waals surface area (Å²) in [6, 6.07) is 68.1. The number of rotatable bonds is 7. The van der Waals surface area contributed by atoms with E-state index >= 15 is 0 Å². The van der Waals surface area contributed by atoms with Crippen molar-refractivity contribution < 1.29 is 0 Å². The first-order valence-electron chi connectivity index (χ1n) is 16.2. The van der Waals surface area contributed by atoms with Crippen LogP contribution in [0.5, 0.6) is 0 Å². The molecule has 0 unspecified atom stereocenters. The Kier molecular flexibility index (Phi) is 7.96. The van der Waals surface area contributed by atoms with Crippen molar-refractivity contribution in [3.63, 3.8) is 0 Å². The second kappa shape index (κ2) is 13.2. The van der Waals surface area contributed by atoms with Gasteiger partial charge in [0, 0.05) is 16.7 Å². The molecule has 2 heteroatoms. The minimum Gasteiger partial charge on any atom is -0.228 e. The lowest BCUT2D eigenvalue weighted by Crippen LogP contribution is -1.96. The van der Waals surface area contributed by atoms with Crippen molar-refractivity contribution in [1.82, 2.24) is 9.97 Å². The van der Waals surface area contributed by atoms with Crippen LogP contribution in [-0.2, 0) is 0 Å². The fourth-order valence-electron chi connectivity index (χ4n) is 6.10. The van der Waals surface area contributed by atoms with Gasteiger partial charge in [0.1, 0.15) is 0 Å². The van der Waals surface area contributed by atoms with E-state index in [0.717, 1.165) is 28.1 Å². The molecule has 0 N–H and O–H groups in total. The fourth-order valence-corrected chi connectivity index (χ4v) is 6.10. The van der Waals surface area contributed by atoms with E-state index in [9.17, 15) is 0 Å². The van der Waals surface area contributed by atoms with E-state index in [0.29, 0.717) is 5.82 Å². The van der Waals surface area contributed by atoms with E-state index < -0.39 is 0 Å². The van der Waals surface area contributed by atoms with Crippen LogP contribution in [0.2, 0.25) is 0 Å². The zero-order chi connectivity index (χ0) is 32.1. The first kappa shape index (κ1) is 29.1. The van der Waals surface area contributed by atoms with Gasteiger partial charge in [0.2, 0.25) is 0 Å². The van der Waals surface area contributed by atoms with E-state index in [2.05, 4.69) is 164 Å². The van der Waals surface area contributed by atoms with Gasteiger partial charge in [-0.25, -0.2) is 9.97 Å². The molecule has 0 spiro atoms. The van der Waals surface area contributed by atoms with Crippen LogP contribution in [0.3, 0.4) is 0 Å². The molecule has 8 aromatic rings. The molecule has 0 aliphatic rings. The van der Waals surface area contributed by atoms with E-state index in [1.165, 1.54) is 44.5 Å². The van der Waals surface area contributed by atoms with Crippen LogP contribution in [0, 0.1) is 0 Å². The van der Waals surface area contributed by atoms with Gasteiger partial charge in [0.25, 0.3) is 0 Å². The van der Waals surface area contributed by atoms with Gasteiger partial charge in [0.15, 0.2) is 5.82 Å². The molecule has 0 atom stereocenters. The Bertz CT molecular complexity index is 2110. The largest absolute Gasteiger partial charge is 0.228 e. The predicted molar refractivity (Wildman–Crippen MR) is 200 cm³/mol. The number of hydrogen-bond donors (Lipinski definition) is 0. The smallest absolute Gasteiger partial charge is 0.160 e. The lowest BCUT2D eigenvalue weighted by atomic mass is 9.98. The van der Waals surface area contributed by atoms with E-state index in [1.54, 1.807) is 0 Å². The number of benzene rings is 7. The number of nitrogens with zero attached hydrogens (tertiary/aromatic N) is 2. The summed E-state index contributed by atoms with van der Waals surface area (Å²) < 4.78 is 0. The van der Waals surface area contributed by atoms with Crippen LogP contribution in [0.1, 0.15) is 0 Å². The molecule has 2 nitrogen and oxygen atoms in total. The van der Waals surface area contributed by atoms with Crippen molar-refractivity contribution in [2.45, 2.75) is 0 Å². The summed E-state index contributed by atoms with van der Waals surface area (Å²) in [5, 5.41) is 0. The highest BCUT2D eigenvalue weighted by molar-refractivity contribution is 5.77. The zero-order valence-electron chi connectivity index (χ0n) is 26.4. The van der Waals surface area contributed by atoms with Gasteiger partial charge in [-0.05, 0) is 50.6 Å². The molecule has 48 heavy (non-hydrogen) atoms. The standard InChI is InChI=1S/C46H32N2/c1-4-10-33(11-5-1)35-16-20-37(21-17-35)39-24-28-41(29-25-39)44-32-45(48-46(47-44)43-14-8-3-9-15-43)42-30-26-40(27-31-42)38-22-18-36(19-23-38)34-12-6-2-7-13-34/h1-32H. The average Bonchev–Trinajstić information content (AvgIpc) is 3.19. The minimum absolute atomic E-state index is 0.712. The third-order valence-corrected chi connectivity index (χ3v) is 8.77. The van der Waals surface area contributed by atoms with E-state index in [1.807, 2.05) is 30.3 Å². The van der Waals surface area contributed by atoms with Crippen LogP contribution in [0.15, 0.2) is 194 Å². The van der Waals surface area contributed by atoms with Gasteiger partial charge in [0.05, 0.1) is 11.4 Å². The maximum Gasteiger partial charge on any atom is 0.160 e. The average molecular weight is 613 g/mol. The first-order chi connectivity index (χ1) is 23.8. The van der Waals surface area contributed by atoms with Gasteiger partial charge >= 0.3 is 0 Å². The van der Waals surface area contributed by atoms with Gasteiger partial charge in [-0.1, -0.05) is 188 Å². The highest BCUT2D eigenvalue weighted by Crippen LogP contribution is 2.32. The summed E-state index contributed by atoms with van der Waals surface area (Å²) in [5.74, 6) is 0.712. The third kappa shape index (κ3) is 6.20. The maximum absolute atomic E-state index is 5.03. The second-order valence-electron chi connectivity index (χ2n) is 11.9. The van der Waals surface area contributed by atoms with Crippen molar-refractivity contribution in [1.29, 1.82) is 0 Å². The van der Waals surface area contributed by atoms with E-state index in [4.69, 9.17) is 9.97 Å². The van der Waals surface area contributed by atoms with E-state index in [-0.39, 0.29) is 0 Å². The van der Waals surface area contributed by atoms with Crippen molar-refractivity contribution in [2.75, 3.05) is 0 Å². The molecular weight excluding hydrogens is 581 g/mol. The molecule has 226 valence electrons. The van der Waals surface area contributed by atoms with Crippen LogP contribution >= 0.6 is 0 Å². The Hall–Kier alpha value is -6.38. The Morgan fingerprint density at radius 2 is 0.438 bits per heavy atom. The summed E-state index contributed by atoms with van der Waals surface area (Å²) in [6.07, 6.45) is 0. The molecule has 0 saturated carbocycles. The van der Waals surface area contributed by atoms with Crippen molar-refractivity contribution in [3.05, 3.63) is 194 Å². The Balaban J connectivity index is 1.09. The molecule has 0 saturated heterocycles. The van der Waals surface area contributed by atoms with Crippen LogP contribution < -0.4 is 0 Å². The van der Waals surface area contributed by atoms with Crippen molar-refractivity contribution >= 4 is 0 Å². The summed E-state index contributed by atoms with van der Waals surface area (Å²) in [7, 11) is 0. The quantitative estimate of drug-likeness (QED) is 0.179. The monoisotopic (exact) mass is 612 g/mol. The van der Waals surface area contributed by atoms with Crippen LogP contribution in [-0.4, -0.2) is 9.97 Å². The third-order valence-electron chi connectivity index (χ3n) is 8.77.